The van der Waals surface area contributed by atoms with Crippen LogP contribution in [-0.2, 0) is 14.3 Å². The largest absolute Gasteiger partial charge is 0.466 e. The number of hydrogen-bond donors (Lipinski definition) is 3. The molecule has 0 aliphatic carbocycles. The Morgan fingerprint density at radius 2 is 0.582 bits per heavy atom. The van der Waals surface area contributed by atoms with Crippen molar-refractivity contribution >= 4 is 11.9 Å². The van der Waals surface area contributed by atoms with Crippen LogP contribution >= 0.6 is 0 Å². The Hall–Kier alpha value is -1.40. The Bertz CT molecular complexity index is 1190. The molecule has 0 fully saturated rings. The van der Waals surface area contributed by atoms with Gasteiger partial charge in [0.05, 0.1) is 25.4 Å². The number of ether oxygens (including phenoxy) is 1. The van der Waals surface area contributed by atoms with Crippen molar-refractivity contribution in [2.75, 3.05) is 13.2 Å². The lowest BCUT2D eigenvalue weighted by atomic mass is 10.0. The fraction of sp³-hybridized carbons (Fsp3) is 0.945. The number of carbonyl (C=O) groups is 2. The Labute approximate surface area is 495 Å². The predicted octanol–water partition coefficient (Wildman–Crippen LogP) is 23.5. The molecular formula is C73H143NO5. The minimum Gasteiger partial charge on any atom is -0.466 e. The molecule has 0 aliphatic heterocycles. The number of amides is 1. The number of aliphatic hydroxyl groups excluding tert-OH is 2. The van der Waals surface area contributed by atoms with E-state index in [1.54, 1.807) is 6.08 Å². The SMILES string of the molecule is CCCCCCCCCCCCCCCCCC/C=C/C(O)C(CO)NC(=O)CCCCCCCCCCCCCCCCCCCCCCCCCCCCCCOC(=O)CCCCCCCCCCCCCCCCCC. The molecule has 0 heterocycles. The van der Waals surface area contributed by atoms with Gasteiger partial charge in [0.25, 0.3) is 0 Å². The van der Waals surface area contributed by atoms with Gasteiger partial charge in [-0.1, -0.05) is 386 Å². The number of rotatable bonds is 69. The maximum Gasteiger partial charge on any atom is 0.305 e. The third-order valence-electron chi connectivity index (χ3n) is 17.3. The van der Waals surface area contributed by atoms with Crippen LogP contribution in [-0.4, -0.2) is 47.4 Å². The Morgan fingerprint density at radius 1 is 0.342 bits per heavy atom. The monoisotopic (exact) mass is 1110 g/mol. The molecule has 470 valence electrons. The maximum absolute atomic E-state index is 12.5. The number of aliphatic hydroxyl groups is 2. The summed E-state index contributed by atoms with van der Waals surface area (Å²) in [5.74, 6) is -0.0377. The van der Waals surface area contributed by atoms with E-state index in [0.717, 1.165) is 38.5 Å². The van der Waals surface area contributed by atoms with Crippen molar-refractivity contribution in [3.05, 3.63) is 12.2 Å². The van der Waals surface area contributed by atoms with Crippen LogP contribution in [0.15, 0.2) is 12.2 Å². The summed E-state index contributed by atoms with van der Waals surface area (Å²) in [7, 11) is 0. The van der Waals surface area contributed by atoms with Crippen molar-refractivity contribution in [3.63, 3.8) is 0 Å². The molecule has 3 N–H and O–H groups in total. The van der Waals surface area contributed by atoms with Gasteiger partial charge in [-0.15, -0.1) is 0 Å². The molecule has 1 amide bonds. The molecule has 0 saturated heterocycles. The van der Waals surface area contributed by atoms with E-state index in [1.807, 2.05) is 6.08 Å². The summed E-state index contributed by atoms with van der Waals surface area (Å²) in [4.78, 5) is 24.6. The molecule has 0 spiro atoms. The topological polar surface area (TPSA) is 95.9 Å². The third-order valence-corrected chi connectivity index (χ3v) is 17.3. The quantitative estimate of drug-likeness (QED) is 0.0320. The van der Waals surface area contributed by atoms with E-state index in [4.69, 9.17) is 4.74 Å². The second-order valence-corrected chi connectivity index (χ2v) is 25.3. The normalized spacial score (nSPS) is 12.5. The Balaban J connectivity index is 3.35. The second-order valence-electron chi connectivity index (χ2n) is 25.3. The van der Waals surface area contributed by atoms with Crippen molar-refractivity contribution in [1.82, 2.24) is 5.32 Å². The van der Waals surface area contributed by atoms with Crippen LogP contribution < -0.4 is 5.32 Å². The number of allylic oxidation sites excluding steroid dienone is 1. The first-order valence-corrected chi connectivity index (χ1v) is 36.5. The smallest absolute Gasteiger partial charge is 0.305 e. The van der Waals surface area contributed by atoms with E-state index in [-0.39, 0.29) is 18.5 Å². The highest BCUT2D eigenvalue weighted by Gasteiger charge is 2.18. The average molecular weight is 1110 g/mol. The van der Waals surface area contributed by atoms with Crippen LogP contribution in [0.2, 0.25) is 0 Å². The van der Waals surface area contributed by atoms with Gasteiger partial charge in [0, 0.05) is 12.8 Å². The van der Waals surface area contributed by atoms with Gasteiger partial charge in [0.2, 0.25) is 5.91 Å². The van der Waals surface area contributed by atoms with E-state index in [1.165, 1.54) is 353 Å². The predicted molar refractivity (Wildman–Crippen MR) is 347 cm³/mol. The number of unbranched alkanes of at least 4 members (excludes halogenated alkanes) is 58. The van der Waals surface area contributed by atoms with Crippen LogP contribution in [0.4, 0.5) is 0 Å². The van der Waals surface area contributed by atoms with Crippen molar-refractivity contribution in [3.8, 4) is 0 Å². The highest BCUT2D eigenvalue weighted by molar-refractivity contribution is 5.76. The van der Waals surface area contributed by atoms with Gasteiger partial charge in [0.1, 0.15) is 0 Å². The zero-order chi connectivity index (χ0) is 57.1. The highest BCUT2D eigenvalue weighted by Crippen LogP contribution is 2.19. The minimum atomic E-state index is -0.842. The van der Waals surface area contributed by atoms with Crippen molar-refractivity contribution in [2.24, 2.45) is 0 Å². The van der Waals surface area contributed by atoms with Crippen molar-refractivity contribution in [1.29, 1.82) is 0 Å². The first-order valence-electron chi connectivity index (χ1n) is 36.5. The molecule has 2 atom stereocenters. The van der Waals surface area contributed by atoms with Crippen LogP contribution in [0.3, 0.4) is 0 Å². The summed E-state index contributed by atoms with van der Waals surface area (Å²) >= 11 is 0. The van der Waals surface area contributed by atoms with Gasteiger partial charge in [-0.3, -0.25) is 9.59 Å². The summed E-state index contributed by atoms with van der Waals surface area (Å²) < 4.78 is 5.51. The number of hydrogen-bond acceptors (Lipinski definition) is 5. The molecule has 0 aromatic heterocycles. The molecule has 6 heteroatoms. The molecule has 0 rings (SSSR count). The summed E-state index contributed by atoms with van der Waals surface area (Å²) in [6.45, 7) is 4.96. The number of nitrogens with one attached hydrogen (secondary N) is 1. The van der Waals surface area contributed by atoms with Crippen LogP contribution in [0.1, 0.15) is 418 Å². The molecule has 0 aromatic carbocycles. The molecular weight excluding hydrogens is 971 g/mol. The molecule has 0 aliphatic rings. The summed E-state index contributed by atoms with van der Waals surface area (Å²) in [6, 6.07) is -0.625. The standard InChI is InChI=1S/C73H143NO5/c1-3-5-7-9-11-13-15-17-19-21-34-37-41-45-49-53-57-61-65-71(76)70(69-75)74-72(77)66-62-58-54-50-46-42-38-35-32-30-28-26-24-22-23-25-27-29-31-33-36-40-44-48-52-56-60-64-68-79-73(78)67-63-59-55-51-47-43-39-20-18-16-14-12-10-8-6-4-2/h61,65,70-71,75-76H,3-60,62-64,66-69H2,1-2H3,(H,74,77)/b65-61+. The van der Waals surface area contributed by atoms with Gasteiger partial charge < -0.3 is 20.3 Å². The second kappa shape index (κ2) is 69.1. The highest BCUT2D eigenvalue weighted by atomic mass is 16.5. The lowest BCUT2D eigenvalue weighted by Gasteiger charge is -2.20. The van der Waals surface area contributed by atoms with E-state index < -0.39 is 12.1 Å². The molecule has 0 aromatic rings. The van der Waals surface area contributed by atoms with E-state index in [0.29, 0.717) is 19.4 Å². The molecule has 0 radical (unpaired) electrons. The molecule has 0 bridgehead atoms. The molecule has 2 unspecified atom stereocenters. The third kappa shape index (κ3) is 65.6. The van der Waals surface area contributed by atoms with Crippen LogP contribution in [0, 0.1) is 0 Å². The van der Waals surface area contributed by atoms with Crippen molar-refractivity contribution < 1.29 is 24.5 Å². The zero-order valence-electron chi connectivity index (χ0n) is 53.9. The van der Waals surface area contributed by atoms with E-state index in [9.17, 15) is 19.8 Å². The Morgan fingerprint density at radius 3 is 0.861 bits per heavy atom. The summed E-state index contributed by atoms with van der Waals surface area (Å²) in [5, 5.41) is 23.2. The van der Waals surface area contributed by atoms with Crippen molar-refractivity contribution in [2.45, 2.75) is 431 Å². The van der Waals surface area contributed by atoms with Gasteiger partial charge in [-0.2, -0.15) is 0 Å². The summed E-state index contributed by atoms with van der Waals surface area (Å²) in [6.07, 6.45) is 85.9. The number of carbonyl (C=O) groups excluding carboxylic acids is 2. The lowest BCUT2D eigenvalue weighted by molar-refractivity contribution is -0.143. The van der Waals surface area contributed by atoms with Crippen LogP contribution in [0.25, 0.3) is 0 Å². The van der Waals surface area contributed by atoms with E-state index >= 15 is 0 Å². The molecule has 6 nitrogen and oxygen atoms in total. The van der Waals surface area contributed by atoms with Crippen LogP contribution in [0.5, 0.6) is 0 Å². The first-order chi connectivity index (χ1) is 39.0. The molecule has 0 saturated carbocycles. The first kappa shape index (κ1) is 77.6. The lowest BCUT2D eigenvalue weighted by Crippen LogP contribution is -2.45. The molecule has 79 heavy (non-hydrogen) atoms. The summed E-state index contributed by atoms with van der Waals surface area (Å²) in [5.41, 5.74) is 0. The average Bonchev–Trinajstić information content (AvgIpc) is 3.45. The fourth-order valence-electron chi connectivity index (χ4n) is 11.8. The van der Waals surface area contributed by atoms with Gasteiger partial charge >= 0.3 is 5.97 Å². The fourth-order valence-corrected chi connectivity index (χ4v) is 11.8. The van der Waals surface area contributed by atoms with Gasteiger partial charge in [0.15, 0.2) is 0 Å². The Kier molecular flexibility index (Phi) is 67.9. The van der Waals surface area contributed by atoms with Gasteiger partial charge in [-0.05, 0) is 32.1 Å². The van der Waals surface area contributed by atoms with E-state index in [2.05, 4.69) is 19.2 Å². The maximum atomic E-state index is 12.5. The zero-order valence-corrected chi connectivity index (χ0v) is 53.9. The van der Waals surface area contributed by atoms with Gasteiger partial charge in [-0.25, -0.2) is 0 Å². The number of esters is 1. The minimum absolute atomic E-state index is 0.0230.